The van der Waals surface area contributed by atoms with E-state index in [0.717, 1.165) is 12.8 Å². The van der Waals surface area contributed by atoms with Crippen LogP contribution in [-0.4, -0.2) is 25.4 Å². The summed E-state index contributed by atoms with van der Waals surface area (Å²) >= 11 is 0. The minimum Gasteiger partial charge on any atom is -0.365 e. The number of methoxy groups -OCH3 is 1. The highest BCUT2D eigenvalue weighted by Gasteiger charge is 2.23. The van der Waals surface area contributed by atoms with Gasteiger partial charge in [-0.3, -0.25) is 4.79 Å². The van der Waals surface area contributed by atoms with Gasteiger partial charge in [0.25, 0.3) is 5.91 Å². The van der Waals surface area contributed by atoms with Crippen molar-refractivity contribution < 1.29 is 14.3 Å². The van der Waals surface area contributed by atoms with Crippen LogP contribution in [0.5, 0.6) is 0 Å². The first-order valence-corrected chi connectivity index (χ1v) is 4.21. The van der Waals surface area contributed by atoms with Crippen molar-refractivity contribution in [2.45, 2.75) is 38.1 Å². The molecule has 1 atom stereocenters. The van der Waals surface area contributed by atoms with E-state index in [9.17, 15) is 4.79 Å². The molecule has 2 N–H and O–H groups in total. The molecule has 1 aliphatic rings. The fourth-order valence-electron chi connectivity index (χ4n) is 1.44. The first-order chi connectivity index (χ1) is 5.74. The van der Waals surface area contributed by atoms with Crippen LogP contribution in [-0.2, 0) is 14.3 Å². The van der Waals surface area contributed by atoms with Gasteiger partial charge in [0.15, 0.2) is 0 Å². The zero-order valence-corrected chi connectivity index (χ0v) is 7.29. The standard InChI is InChI=1S/C8H15NO3/c1-11-8(7(9)10)12-6-4-2-3-5-6/h6,8H,2-5H2,1H3,(H2,9,10). The molecule has 0 aromatic carbocycles. The molecule has 1 amide bonds. The minimum absolute atomic E-state index is 0.155. The molecule has 1 unspecified atom stereocenters. The number of nitrogens with two attached hydrogens (primary N) is 1. The van der Waals surface area contributed by atoms with Crippen molar-refractivity contribution in [1.29, 1.82) is 0 Å². The highest BCUT2D eigenvalue weighted by molar-refractivity contribution is 5.77. The molecular formula is C8H15NO3. The number of hydrogen-bond donors (Lipinski definition) is 1. The summed E-state index contributed by atoms with van der Waals surface area (Å²) < 4.78 is 10.1. The monoisotopic (exact) mass is 173 g/mol. The second kappa shape index (κ2) is 4.42. The van der Waals surface area contributed by atoms with Gasteiger partial charge in [-0.2, -0.15) is 0 Å². The van der Waals surface area contributed by atoms with Crippen molar-refractivity contribution in [2.75, 3.05) is 7.11 Å². The normalized spacial score (nSPS) is 21.1. The molecule has 0 heterocycles. The molecule has 0 radical (unpaired) electrons. The summed E-state index contributed by atoms with van der Waals surface area (Å²) in [5.74, 6) is -0.551. The fraction of sp³-hybridized carbons (Fsp3) is 0.875. The SMILES string of the molecule is COC(OC1CCCC1)C(N)=O. The zero-order chi connectivity index (χ0) is 8.97. The Kier molecular flexibility index (Phi) is 3.49. The number of hydrogen-bond acceptors (Lipinski definition) is 3. The lowest BCUT2D eigenvalue weighted by Crippen LogP contribution is -2.35. The molecule has 1 aliphatic carbocycles. The predicted octanol–water partition coefficient (Wildman–Crippen LogP) is 0.403. The lowest BCUT2D eigenvalue weighted by Gasteiger charge is -2.17. The molecular weight excluding hydrogens is 158 g/mol. The van der Waals surface area contributed by atoms with Crippen LogP contribution in [0.2, 0.25) is 0 Å². The second-order valence-electron chi connectivity index (χ2n) is 3.01. The highest BCUT2D eigenvalue weighted by atomic mass is 16.7. The molecule has 0 spiro atoms. The highest BCUT2D eigenvalue weighted by Crippen LogP contribution is 2.22. The Hall–Kier alpha value is -0.610. The molecule has 4 heteroatoms. The van der Waals surface area contributed by atoms with E-state index in [1.54, 1.807) is 0 Å². The quantitative estimate of drug-likeness (QED) is 0.626. The summed E-state index contributed by atoms with van der Waals surface area (Å²) in [5.41, 5.74) is 5.04. The lowest BCUT2D eigenvalue weighted by molar-refractivity contribution is -0.174. The topological polar surface area (TPSA) is 61.6 Å². The first kappa shape index (κ1) is 9.48. The van der Waals surface area contributed by atoms with Gasteiger partial charge in [0, 0.05) is 7.11 Å². The van der Waals surface area contributed by atoms with Crippen LogP contribution >= 0.6 is 0 Å². The molecule has 12 heavy (non-hydrogen) atoms. The first-order valence-electron chi connectivity index (χ1n) is 4.21. The third kappa shape index (κ3) is 2.46. The minimum atomic E-state index is -0.868. The van der Waals surface area contributed by atoms with E-state index >= 15 is 0 Å². The maximum atomic E-state index is 10.7. The number of amides is 1. The smallest absolute Gasteiger partial charge is 0.274 e. The van der Waals surface area contributed by atoms with Gasteiger partial charge in [-0.1, -0.05) is 12.8 Å². The Morgan fingerprint density at radius 3 is 2.50 bits per heavy atom. The average Bonchev–Trinajstić information content (AvgIpc) is 2.51. The molecule has 0 aliphatic heterocycles. The summed E-state index contributed by atoms with van der Waals surface area (Å²) in [6.07, 6.45) is 3.63. The molecule has 0 aromatic heterocycles. The fourth-order valence-corrected chi connectivity index (χ4v) is 1.44. The predicted molar refractivity (Wildman–Crippen MR) is 43.3 cm³/mol. The van der Waals surface area contributed by atoms with Crippen molar-refractivity contribution in [3.05, 3.63) is 0 Å². The molecule has 1 fully saturated rings. The van der Waals surface area contributed by atoms with Gasteiger partial charge >= 0.3 is 0 Å². The van der Waals surface area contributed by atoms with Gasteiger partial charge in [-0.25, -0.2) is 0 Å². The van der Waals surface area contributed by atoms with Gasteiger partial charge in [-0.05, 0) is 12.8 Å². The maximum absolute atomic E-state index is 10.7. The summed E-state index contributed by atoms with van der Waals surface area (Å²) in [6, 6.07) is 0. The molecule has 0 bridgehead atoms. The van der Waals surface area contributed by atoms with E-state index in [-0.39, 0.29) is 6.10 Å². The molecule has 70 valence electrons. The van der Waals surface area contributed by atoms with E-state index in [0.29, 0.717) is 0 Å². The Balaban J connectivity index is 2.30. The molecule has 1 rings (SSSR count). The third-order valence-corrected chi connectivity index (χ3v) is 2.06. The molecule has 1 saturated carbocycles. The van der Waals surface area contributed by atoms with Crippen LogP contribution in [0.4, 0.5) is 0 Å². The summed E-state index contributed by atoms with van der Waals surface area (Å²) in [7, 11) is 1.42. The maximum Gasteiger partial charge on any atom is 0.274 e. The summed E-state index contributed by atoms with van der Waals surface area (Å²) in [6.45, 7) is 0. The Bertz CT molecular complexity index is 154. The Morgan fingerprint density at radius 1 is 1.50 bits per heavy atom. The van der Waals surface area contributed by atoms with Gasteiger partial charge in [0.05, 0.1) is 6.10 Å². The lowest BCUT2D eigenvalue weighted by atomic mass is 10.3. The number of carbonyl (C=O) groups excluding carboxylic acids is 1. The summed E-state index contributed by atoms with van der Waals surface area (Å²) in [4.78, 5) is 10.7. The van der Waals surface area contributed by atoms with E-state index in [4.69, 9.17) is 15.2 Å². The Morgan fingerprint density at radius 2 is 2.08 bits per heavy atom. The zero-order valence-electron chi connectivity index (χ0n) is 7.29. The van der Waals surface area contributed by atoms with Crippen LogP contribution in [0.25, 0.3) is 0 Å². The number of ether oxygens (including phenoxy) is 2. The Labute approximate surface area is 72.0 Å². The number of rotatable bonds is 4. The van der Waals surface area contributed by atoms with Crippen LogP contribution in [0.1, 0.15) is 25.7 Å². The average molecular weight is 173 g/mol. The van der Waals surface area contributed by atoms with Crippen LogP contribution in [0.15, 0.2) is 0 Å². The molecule has 0 saturated heterocycles. The van der Waals surface area contributed by atoms with E-state index < -0.39 is 12.2 Å². The van der Waals surface area contributed by atoms with Crippen molar-refractivity contribution in [1.82, 2.24) is 0 Å². The van der Waals surface area contributed by atoms with E-state index in [1.165, 1.54) is 20.0 Å². The van der Waals surface area contributed by atoms with Crippen LogP contribution < -0.4 is 5.73 Å². The van der Waals surface area contributed by atoms with Crippen LogP contribution in [0, 0.1) is 0 Å². The van der Waals surface area contributed by atoms with Gasteiger partial charge in [0.2, 0.25) is 6.29 Å². The van der Waals surface area contributed by atoms with Crippen molar-refractivity contribution in [3.8, 4) is 0 Å². The second-order valence-corrected chi connectivity index (χ2v) is 3.01. The van der Waals surface area contributed by atoms with Gasteiger partial charge in [-0.15, -0.1) is 0 Å². The van der Waals surface area contributed by atoms with Crippen molar-refractivity contribution in [2.24, 2.45) is 5.73 Å². The molecule has 0 aromatic rings. The van der Waals surface area contributed by atoms with E-state index in [1.807, 2.05) is 0 Å². The van der Waals surface area contributed by atoms with Crippen LogP contribution in [0.3, 0.4) is 0 Å². The number of carbonyl (C=O) groups is 1. The third-order valence-electron chi connectivity index (χ3n) is 2.06. The largest absolute Gasteiger partial charge is 0.365 e. The number of primary amides is 1. The van der Waals surface area contributed by atoms with Gasteiger partial charge in [0.1, 0.15) is 0 Å². The van der Waals surface area contributed by atoms with Crippen molar-refractivity contribution in [3.63, 3.8) is 0 Å². The molecule has 4 nitrogen and oxygen atoms in total. The van der Waals surface area contributed by atoms with Gasteiger partial charge < -0.3 is 15.2 Å². The summed E-state index contributed by atoms with van der Waals surface area (Å²) in [5, 5.41) is 0. The van der Waals surface area contributed by atoms with E-state index in [2.05, 4.69) is 0 Å². The van der Waals surface area contributed by atoms with Crippen molar-refractivity contribution >= 4 is 5.91 Å².